The van der Waals surface area contributed by atoms with E-state index in [0.717, 1.165) is 6.54 Å². The molecule has 11 heavy (non-hydrogen) atoms. The first-order chi connectivity index (χ1) is 5.38. The van der Waals surface area contributed by atoms with Gasteiger partial charge in [-0.05, 0) is 26.3 Å². The van der Waals surface area contributed by atoms with Crippen molar-refractivity contribution in [3.05, 3.63) is 17.5 Å². The van der Waals surface area contributed by atoms with Gasteiger partial charge in [0.2, 0.25) is 0 Å². The van der Waals surface area contributed by atoms with Gasteiger partial charge in [-0.1, -0.05) is 0 Å². The summed E-state index contributed by atoms with van der Waals surface area (Å²) in [6.45, 7) is 3.22. The Kier molecular flexibility index (Phi) is 1.66. The highest BCUT2D eigenvalue weighted by Gasteiger charge is 2.18. The predicted molar refractivity (Wildman–Crippen MR) is 43.3 cm³/mol. The summed E-state index contributed by atoms with van der Waals surface area (Å²) in [4.78, 5) is 0. The van der Waals surface area contributed by atoms with Crippen LogP contribution < -0.4 is 5.32 Å². The summed E-state index contributed by atoms with van der Waals surface area (Å²) in [5, 5.41) is 10.4. The maximum absolute atomic E-state index is 4.00. The summed E-state index contributed by atoms with van der Waals surface area (Å²) in [6, 6.07) is 0.550. The minimum atomic E-state index is 0.550. The van der Waals surface area contributed by atoms with Gasteiger partial charge in [0.1, 0.15) is 0 Å². The summed E-state index contributed by atoms with van der Waals surface area (Å²) >= 11 is 0. The predicted octanol–water partition coefficient (Wildman–Crippen LogP) is 1.14. The van der Waals surface area contributed by atoms with Crippen LogP contribution in [-0.2, 0) is 0 Å². The Balaban J connectivity index is 2.21. The molecule has 0 bridgehead atoms. The maximum Gasteiger partial charge on any atom is 0.0537 e. The number of nitrogens with one attached hydrogen (secondary N) is 2. The molecule has 1 aliphatic rings. The number of aryl methyl sites for hydroxylation is 1. The molecule has 1 saturated heterocycles. The van der Waals surface area contributed by atoms with Crippen molar-refractivity contribution >= 4 is 0 Å². The first-order valence-corrected chi connectivity index (χ1v) is 4.11. The van der Waals surface area contributed by atoms with Crippen LogP contribution in [0.4, 0.5) is 0 Å². The number of nitrogens with zero attached hydrogens (tertiary/aromatic N) is 1. The minimum absolute atomic E-state index is 0.550. The summed E-state index contributed by atoms with van der Waals surface area (Å²) in [7, 11) is 0. The molecule has 1 aromatic rings. The molecule has 0 radical (unpaired) electrons. The second-order valence-corrected chi connectivity index (χ2v) is 3.10. The van der Waals surface area contributed by atoms with E-state index in [-0.39, 0.29) is 0 Å². The topological polar surface area (TPSA) is 40.7 Å². The quantitative estimate of drug-likeness (QED) is 0.632. The molecule has 0 saturated carbocycles. The molecule has 0 aliphatic carbocycles. The van der Waals surface area contributed by atoms with E-state index in [0.29, 0.717) is 6.04 Å². The lowest BCUT2D eigenvalue weighted by molar-refractivity contribution is 0.644. The zero-order valence-electron chi connectivity index (χ0n) is 6.72. The molecule has 2 N–H and O–H groups in total. The molecule has 0 spiro atoms. The van der Waals surface area contributed by atoms with Crippen LogP contribution in [0, 0.1) is 6.92 Å². The Morgan fingerprint density at radius 2 is 2.55 bits per heavy atom. The van der Waals surface area contributed by atoms with E-state index in [9.17, 15) is 0 Å². The molecule has 1 aromatic heterocycles. The van der Waals surface area contributed by atoms with Crippen molar-refractivity contribution in [3.63, 3.8) is 0 Å². The molecule has 2 rings (SSSR count). The smallest absolute Gasteiger partial charge is 0.0537 e. The Labute approximate surface area is 66.2 Å². The number of aromatic nitrogens is 2. The fourth-order valence-electron chi connectivity index (χ4n) is 1.66. The van der Waals surface area contributed by atoms with Gasteiger partial charge in [-0.3, -0.25) is 5.10 Å². The van der Waals surface area contributed by atoms with Gasteiger partial charge in [-0.25, -0.2) is 0 Å². The number of H-pyrrole nitrogens is 1. The van der Waals surface area contributed by atoms with E-state index >= 15 is 0 Å². The monoisotopic (exact) mass is 151 g/mol. The van der Waals surface area contributed by atoms with Gasteiger partial charge in [0.25, 0.3) is 0 Å². The van der Waals surface area contributed by atoms with Crippen LogP contribution in [0.2, 0.25) is 0 Å². The van der Waals surface area contributed by atoms with Gasteiger partial charge in [0.15, 0.2) is 0 Å². The summed E-state index contributed by atoms with van der Waals surface area (Å²) in [5.41, 5.74) is 2.53. The van der Waals surface area contributed by atoms with Crippen molar-refractivity contribution in [2.24, 2.45) is 0 Å². The molecule has 3 nitrogen and oxygen atoms in total. The van der Waals surface area contributed by atoms with Crippen LogP contribution in [-0.4, -0.2) is 16.7 Å². The van der Waals surface area contributed by atoms with Gasteiger partial charge < -0.3 is 5.32 Å². The second kappa shape index (κ2) is 2.66. The highest BCUT2D eigenvalue weighted by atomic mass is 15.1. The largest absolute Gasteiger partial charge is 0.310 e. The lowest BCUT2D eigenvalue weighted by Gasteiger charge is -2.07. The van der Waals surface area contributed by atoms with Crippen molar-refractivity contribution in [1.29, 1.82) is 0 Å². The van der Waals surface area contributed by atoms with E-state index in [1.165, 1.54) is 24.1 Å². The van der Waals surface area contributed by atoms with Crippen molar-refractivity contribution in [2.75, 3.05) is 6.54 Å². The van der Waals surface area contributed by atoms with Gasteiger partial charge >= 0.3 is 0 Å². The molecule has 1 atom stereocenters. The molecule has 0 aromatic carbocycles. The first kappa shape index (κ1) is 6.85. The lowest BCUT2D eigenvalue weighted by Crippen LogP contribution is -2.12. The van der Waals surface area contributed by atoms with Crippen molar-refractivity contribution in [3.8, 4) is 0 Å². The Morgan fingerprint density at radius 3 is 3.09 bits per heavy atom. The normalized spacial score (nSPS) is 24.3. The van der Waals surface area contributed by atoms with E-state index in [2.05, 4.69) is 22.4 Å². The average molecular weight is 151 g/mol. The van der Waals surface area contributed by atoms with Crippen molar-refractivity contribution in [2.45, 2.75) is 25.8 Å². The number of rotatable bonds is 1. The molecule has 1 unspecified atom stereocenters. The Morgan fingerprint density at radius 1 is 1.64 bits per heavy atom. The number of aromatic amines is 1. The molecular formula is C8H13N3. The zero-order chi connectivity index (χ0) is 7.68. The fourth-order valence-corrected chi connectivity index (χ4v) is 1.66. The highest BCUT2D eigenvalue weighted by molar-refractivity contribution is 5.19. The lowest BCUT2D eigenvalue weighted by atomic mass is 10.1. The summed E-state index contributed by atoms with van der Waals surface area (Å²) in [6.07, 6.45) is 4.47. The van der Waals surface area contributed by atoms with Crippen LogP contribution in [0.25, 0.3) is 0 Å². The SMILES string of the molecule is Cc1[nH]ncc1C1CCCN1. The zero-order valence-corrected chi connectivity index (χ0v) is 6.72. The standard InChI is InChI=1S/C8H13N3/c1-6-7(5-10-11-6)8-3-2-4-9-8/h5,8-9H,2-4H2,1H3,(H,10,11). The van der Waals surface area contributed by atoms with Crippen LogP contribution in [0.5, 0.6) is 0 Å². The summed E-state index contributed by atoms with van der Waals surface area (Å²) in [5.74, 6) is 0. The molecule has 3 heteroatoms. The third kappa shape index (κ3) is 1.16. The van der Waals surface area contributed by atoms with Crippen LogP contribution in [0.15, 0.2) is 6.20 Å². The second-order valence-electron chi connectivity index (χ2n) is 3.10. The van der Waals surface area contributed by atoms with Crippen molar-refractivity contribution in [1.82, 2.24) is 15.5 Å². The molecule has 60 valence electrons. The minimum Gasteiger partial charge on any atom is -0.310 e. The molecule has 0 amide bonds. The highest BCUT2D eigenvalue weighted by Crippen LogP contribution is 2.23. The van der Waals surface area contributed by atoms with E-state index in [1.54, 1.807) is 0 Å². The van der Waals surface area contributed by atoms with Gasteiger partial charge in [0, 0.05) is 17.3 Å². The molecular weight excluding hydrogens is 138 g/mol. The fraction of sp³-hybridized carbons (Fsp3) is 0.625. The van der Waals surface area contributed by atoms with Crippen LogP contribution in [0.1, 0.15) is 30.1 Å². The van der Waals surface area contributed by atoms with Crippen LogP contribution >= 0.6 is 0 Å². The third-order valence-electron chi connectivity index (χ3n) is 2.30. The van der Waals surface area contributed by atoms with E-state index in [4.69, 9.17) is 0 Å². The number of hydrogen-bond acceptors (Lipinski definition) is 2. The van der Waals surface area contributed by atoms with E-state index in [1.807, 2.05) is 6.20 Å². The first-order valence-electron chi connectivity index (χ1n) is 4.11. The molecule has 1 aliphatic heterocycles. The third-order valence-corrected chi connectivity index (χ3v) is 2.30. The van der Waals surface area contributed by atoms with Crippen LogP contribution in [0.3, 0.4) is 0 Å². The molecule has 1 fully saturated rings. The Bertz CT molecular complexity index is 235. The Hall–Kier alpha value is -0.830. The summed E-state index contributed by atoms with van der Waals surface area (Å²) < 4.78 is 0. The molecule has 2 heterocycles. The number of hydrogen-bond donors (Lipinski definition) is 2. The average Bonchev–Trinajstić information content (AvgIpc) is 2.55. The van der Waals surface area contributed by atoms with Gasteiger partial charge in [-0.15, -0.1) is 0 Å². The van der Waals surface area contributed by atoms with Gasteiger partial charge in [0.05, 0.1) is 6.20 Å². The van der Waals surface area contributed by atoms with Gasteiger partial charge in [-0.2, -0.15) is 5.10 Å². The van der Waals surface area contributed by atoms with Crippen molar-refractivity contribution < 1.29 is 0 Å². The van der Waals surface area contributed by atoms with E-state index < -0.39 is 0 Å². The maximum atomic E-state index is 4.00.